The van der Waals surface area contributed by atoms with Crippen LogP contribution in [0.1, 0.15) is 10.4 Å². The van der Waals surface area contributed by atoms with Crippen LogP contribution in [0, 0.1) is 0 Å². The van der Waals surface area contributed by atoms with E-state index in [4.69, 9.17) is 9.47 Å². The second-order valence-electron chi connectivity index (χ2n) is 9.73. The van der Waals surface area contributed by atoms with E-state index in [0.29, 0.717) is 37.3 Å². The van der Waals surface area contributed by atoms with Gasteiger partial charge < -0.3 is 24.8 Å². The summed E-state index contributed by atoms with van der Waals surface area (Å²) in [7, 11) is -3.98. The number of carbonyl (C=O) groups is 1. The first-order valence-corrected chi connectivity index (χ1v) is 14.7. The summed E-state index contributed by atoms with van der Waals surface area (Å²) in [6, 6.07) is 15.9. The number of nitrogens with one attached hydrogen (secondary N) is 1. The molecule has 11 nitrogen and oxygen atoms in total. The van der Waals surface area contributed by atoms with Crippen molar-refractivity contribution in [3.63, 3.8) is 0 Å². The summed E-state index contributed by atoms with van der Waals surface area (Å²) in [5, 5.41) is 13.5. The third-order valence-corrected chi connectivity index (χ3v) is 9.16. The Hall–Kier alpha value is -4.10. The summed E-state index contributed by atoms with van der Waals surface area (Å²) in [4.78, 5) is 23.2. The Balaban J connectivity index is 1.47. The Kier molecular flexibility index (Phi) is 7.54. The number of aromatic carboxylic acids is 1. The summed E-state index contributed by atoms with van der Waals surface area (Å²) in [6.45, 7) is 3.90. The first kappa shape index (κ1) is 27.1. The molecule has 2 aromatic heterocycles. The molecule has 0 saturated carbocycles. The molecule has 41 heavy (non-hydrogen) atoms. The molecule has 2 saturated heterocycles. The molecule has 4 aromatic rings. The van der Waals surface area contributed by atoms with Crippen LogP contribution in [0.15, 0.2) is 71.9 Å². The van der Waals surface area contributed by atoms with Crippen LogP contribution in [0.3, 0.4) is 0 Å². The molecule has 0 spiro atoms. The second kappa shape index (κ2) is 11.4. The van der Waals surface area contributed by atoms with Crippen LogP contribution in [0.25, 0.3) is 22.0 Å². The van der Waals surface area contributed by atoms with Gasteiger partial charge in [-0.3, -0.25) is 4.98 Å². The van der Waals surface area contributed by atoms with Gasteiger partial charge in [0.05, 0.1) is 48.9 Å². The number of rotatable bonds is 7. The highest BCUT2D eigenvalue weighted by molar-refractivity contribution is 7.89. The van der Waals surface area contributed by atoms with E-state index in [-0.39, 0.29) is 34.9 Å². The van der Waals surface area contributed by atoms with Crippen molar-refractivity contribution in [2.45, 2.75) is 4.90 Å². The first-order chi connectivity index (χ1) is 19.9. The Morgan fingerprint density at radius 1 is 0.854 bits per heavy atom. The van der Waals surface area contributed by atoms with Crippen LogP contribution < -0.4 is 10.2 Å². The summed E-state index contributed by atoms with van der Waals surface area (Å²) in [5.74, 6) is -0.262. The Morgan fingerprint density at radius 2 is 1.56 bits per heavy atom. The van der Waals surface area contributed by atoms with Crippen molar-refractivity contribution in [2.24, 2.45) is 0 Å². The predicted molar refractivity (Wildman–Crippen MR) is 154 cm³/mol. The van der Waals surface area contributed by atoms with E-state index in [1.165, 1.54) is 16.6 Å². The van der Waals surface area contributed by atoms with Gasteiger partial charge in [-0.25, -0.2) is 18.2 Å². The minimum atomic E-state index is -3.98. The number of pyridine rings is 2. The molecule has 0 aliphatic carbocycles. The quantitative estimate of drug-likeness (QED) is 0.337. The van der Waals surface area contributed by atoms with Crippen molar-refractivity contribution in [1.29, 1.82) is 0 Å². The number of carboxylic acid groups (broad SMARTS) is 1. The van der Waals surface area contributed by atoms with Crippen LogP contribution in [-0.4, -0.2) is 86.4 Å². The lowest BCUT2D eigenvalue weighted by molar-refractivity contribution is 0.0698. The van der Waals surface area contributed by atoms with Crippen molar-refractivity contribution in [3.8, 4) is 11.1 Å². The molecule has 2 N–H and O–H groups in total. The number of fused-ring (bicyclic) bond motifs is 1. The number of carboxylic acids is 1. The van der Waals surface area contributed by atoms with Crippen LogP contribution in [0.5, 0.6) is 0 Å². The smallest absolute Gasteiger partial charge is 0.337 e. The minimum absolute atomic E-state index is 0.0197. The number of morpholine rings is 2. The highest BCUT2D eigenvalue weighted by atomic mass is 32.2. The van der Waals surface area contributed by atoms with Crippen LogP contribution in [0.4, 0.5) is 17.2 Å². The fourth-order valence-electron chi connectivity index (χ4n) is 5.05. The van der Waals surface area contributed by atoms with Crippen LogP contribution in [0.2, 0.25) is 0 Å². The van der Waals surface area contributed by atoms with Gasteiger partial charge in [0.15, 0.2) is 0 Å². The maximum atomic E-state index is 13.9. The fraction of sp³-hybridized carbons (Fsp3) is 0.276. The zero-order valence-electron chi connectivity index (χ0n) is 22.2. The SMILES string of the molecule is O=C(O)c1ccccc1Nc1c(S(=O)(=O)N2CCOCC2)cnc2ccc(-c3ccc(N4CCOCC4)nc3)cc12. The molecule has 0 unspecified atom stereocenters. The highest BCUT2D eigenvalue weighted by Gasteiger charge is 2.30. The van der Waals surface area contributed by atoms with Crippen molar-refractivity contribution in [3.05, 3.63) is 72.6 Å². The Labute approximate surface area is 237 Å². The van der Waals surface area contributed by atoms with Crippen LogP contribution in [-0.2, 0) is 19.5 Å². The van der Waals surface area contributed by atoms with E-state index in [9.17, 15) is 18.3 Å². The fourth-order valence-corrected chi connectivity index (χ4v) is 6.57. The summed E-state index contributed by atoms with van der Waals surface area (Å²) >= 11 is 0. The standard InChI is InChI=1S/C29H29N5O6S/c35-29(36)22-3-1-2-4-25(22)32-28-23-17-20(21-6-8-27(31-18-21)33-9-13-39-14-10-33)5-7-24(23)30-19-26(28)41(37,38)34-11-15-40-16-12-34/h1-8,17-19H,9-16H2,(H,30,32)(H,35,36). The van der Waals surface area contributed by atoms with Gasteiger partial charge in [-0.2, -0.15) is 4.31 Å². The average Bonchev–Trinajstić information content (AvgIpc) is 3.02. The summed E-state index contributed by atoms with van der Waals surface area (Å²) < 4.78 is 39.9. The number of aromatic nitrogens is 2. The molecule has 6 rings (SSSR count). The average molecular weight is 576 g/mol. The van der Waals surface area contributed by atoms with E-state index in [2.05, 4.69) is 20.2 Å². The number of ether oxygens (including phenoxy) is 2. The Bertz CT molecular complexity index is 1680. The van der Waals surface area contributed by atoms with Gasteiger partial charge >= 0.3 is 5.97 Å². The molecule has 0 bridgehead atoms. The number of nitrogens with zero attached hydrogens (tertiary/aromatic N) is 4. The Morgan fingerprint density at radius 3 is 2.27 bits per heavy atom. The van der Waals surface area contributed by atoms with Crippen molar-refractivity contribution < 1.29 is 27.8 Å². The molecule has 0 atom stereocenters. The minimum Gasteiger partial charge on any atom is -0.478 e. The lowest BCUT2D eigenvalue weighted by atomic mass is 10.0. The number of hydrogen-bond acceptors (Lipinski definition) is 9. The van der Waals surface area contributed by atoms with Gasteiger partial charge in [-0.05, 0) is 42.0 Å². The lowest BCUT2D eigenvalue weighted by Crippen LogP contribution is -2.40. The topological polar surface area (TPSA) is 134 Å². The molecule has 0 radical (unpaired) electrons. The molecular formula is C29H29N5O6S. The number of sulfonamides is 1. The molecule has 2 fully saturated rings. The number of benzene rings is 2. The third-order valence-electron chi connectivity index (χ3n) is 7.25. The third kappa shape index (κ3) is 5.46. The molecule has 12 heteroatoms. The zero-order valence-corrected chi connectivity index (χ0v) is 23.0. The highest BCUT2D eigenvalue weighted by Crippen LogP contribution is 2.37. The number of para-hydroxylation sites is 1. The van der Waals surface area contributed by atoms with Crippen LogP contribution >= 0.6 is 0 Å². The van der Waals surface area contributed by atoms with Gasteiger partial charge in [-0.1, -0.05) is 18.2 Å². The summed E-state index contributed by atoms with van der Waals surface area (Å²) in [6.07, 6.45) is 3.12. The molecule has 0 amide bonds. The predicted octanol–water partition coefficient (Wildman–Crippen LogP) is 3.60. The van der Waals surface area contributed by atoms with E-state index in [1.807, 2.05) is 30.3 Å². The zero-order chi connectivity index (χ0) is 28.4. The first-order valence-electron chi connectivity index (χ1n) is 13.3. The van der Waals surface area contributed by atoms with Crippen molar-refractivity contribution >= 4 is 44.1 Å². The summed E-state index contributed by atoms with van der Waals surface area (Å²) in [5.41, 5.74) is 2.77. The number of hydrogen-bond donors (Lipinski definition) is 2. The lowest BCUT2D eigenvalue weighted by Gasteiger charge is -2.28. The van der Waals surface area contributed by atoms with E-state index in [1.54, 1.807) is 24.4 Å². The molecular weight excluding hydrogens is 546 g/mol. The van der Waals surface area contributed by atoms with E-state index < -0.39 is 16.0 Å². The van der Waals surface area contributed by atoms with Crippen molar-refractivity contribution in [1.82, 2.24) is 14.3 Å². The molecule has 2 aromatic carbocycles. The molecule has 2 aliphatic heterocycles. The van der Waals surface area contributed by atoms with Gasteiger partial charge in [0.25, 0.3) is 0 Å². The monoisotopic (exact) mass is 575 g/mol. The maximum Gasteiger partial charge on any atom is 0.337 e. The molecule has 2 aliphatic rings. The number of anilines is 3. The van der Waals surface area contributed by atoms with Crippen molar-refractivity contribution in [2.75, 3.05) is 62.8 Å². The largest absolute Gasteiger partial charge is 0.478 e. The molecule has 212 valence electrons. The van der Waals surface area contributed by atoms with E-state index in [0.717, 1.165) is 30.0 Å². The van der Waals surface area contributed by atoms with Gasteiger partial charge in [0.1, 0.15) is 10.7 Å². The second-order valence-corrected chi connectivity index (χ2v) is 11.6. The molecule has 4 heterocycles. The van der Waals surface area contributed by atoms with E-state index >= 15 is 0 Å². The van der Waals surface area contributed by atoms with Gasteiger partial charge in [-0.15, -0.1) is 0 Å². The maximum absolute atomic E-state index is 13.9. The normalized spacial score (nSPS) is 16.5. The van der Waals surface area contributed by atoms with Gasteiger partial charge in [0, 0.05) is 49.5 Å². The van der Waals surface area contributed by atoms with Gasteiger partial charge in [0.2, 0.25) is 10.0 Å².